The minimum absolute atomic E-state index is 0.0154. The average molecular weight is 405 g/mol. The van der Waals surface area contributed by atoms with Gasteiger partial charge in [0.1, 0.15) is 17.1 Å². The summed E-state index contributed by atoms with van der Waals surface area (Å²) >= 11 is 0. The Labute approximate surface area is 165 Å². The van der Waals surface area contributed by atoms with Gasteiger partial charge in [0.15, 0.2) is 5.82 Å². The molecule has 154 valence electrons. The van der Waals surface area contributed by atoms with Crippen molar-refractivity contribution in [1.29, 1.82) is 0 Å². The number of aromatic carboxylic acids is 1. The topological polar surface area (TPSA) is 75.0 Å². The zero-order valence-electron chi connectivity index (χ0n) is 15.9. The van der Waals surface area contributed by atoms with Crippen molar-refractivity contribution in [3.05, 3.63) is 39.7 Å². The summed E-state index contributed by atoms with van der Waals surface area (Å²) in [6.45, 7) is 1.94. The molecule has 9 heteroatoms. The van der Waals surface area contributed by atoms with E-state index in [1.807, 2.05) is 11.9 Å². The Morgan fingerprint density at radius 1 is 1.28 bits per heavy atom. The number of anilines is 1. The summed E-state index contributed by atoms with van der Waals surface area (Å²) < 4.78 is 37.8. The van der Waals surface area contributed by atoms with Crippen molar-refractivity contribution in [2.45, 2.75) is 24.9 Å². The number of pyridine rings is 1. The first-order valence-electron chi connectivity index (χ1n) is 9.70. The maximum absolute atomic E-state index is 15.7. The lowest BCUT2D eigenvalue weighted by Crippen LogP contribution is -2.45. The zero-order valence-corrected chi connectivity index (χ0v) is 15.9. The summed E-state index contributed by atoms with van der Waals surface area (Å²) in [5.41, 5.74) is -1.51. The largest absolute Gasteiger partial charge is 0.477 e. The van der Waals surface area contributed by atoms with Crippen molar-refractivity contribution in [3.8, 4) is 0 Å². The van der Waals surface area contributed by atoms with Gasteiger partial charge in [0, 0.05) is 37.3 Å². The van der Waals surface area contributed by atoms with Gasteiger partial charge in [0.2, 0.25) is 5.43 Å². The highest BCUT2D eigenvalue weighted by atomic mass is 19.1. The molecule has 2 unspecified atom stereocenters. The zero-order chi connectivity index (χ0) is 20.4. The van der Waals surface area contributed by atoms with Gasteiger partial charge in [-0.05, 0) is 26.0 Å². The van der Waals surface area contributed by atoms with E-state index in [0.717, 1.165) is 18.9 Å². The highest BCUT2D eigenvalue weighted by Gasteiger charge is 2.40. The van der Waals surface area contributed by atoms with Crippen LogP contribution in [0.2, 0.25) is 0 Å². The van der Waals surface area contributed by atoms with E-state index in [4.69, 9.17) is 4.74 Å². The average Bonchev–Trinajstić information content (AvgIpc) is 3.42. The van der Waals surface area contributed by atoms with Crippen LogP contribution in [0.4, 0.5) is 14.5 Å². The van der Waals surface area contributed by atoms with Crippen LogP contribution in [0, 0.1) is 17.6 Å². The van der Waals surface area contributed by atoms with Crippen molar-refractivity contribution in [2.75, 3.05) is 38.4 Å². The number of ether oxygens (including phenoxy) is 1. The van der Waals surface area contributed by atoms with Gasteiger partial charge in [-0.3, -0.25) is 9.69 Å². The Hall–Kier alpha value is -2.52. The van der Waals surface area contributed by atoms with E-state index in [9.17, 15) is 14.7 Å². The smallest absolute Gasteiger partial charge is 0.341 e. The van der Waals surface area contributed by atoms with E-state index in [-0.39, 0.29) is 34.6 Å². The highest BCUT2D eigenvalue weighted by molar-refractivity contribution is 5.94. The second kappa shape index (κ2) is 6.50. The Morgan fingerprint density at radius 3 is 2.69 bits per heavy atom. The first-order chi connectivity index (χ1) is 13.9. The van der Waals surface area contributed by atoms with Crippen molar-refractivity contribution >= 4 is 22.6 Å². The molecular formula is C20H21F2N3O4. The van der Waals surface area contributed by atoms with Gasteiger partial charge in [0.05, 0.1) is 24.2 Å². The standard InChI is InChI=1S/C20H21F2N3O4/c1-23-9-29-8-10-5-24(7-15(10)23)18-14(21)4-12-17(16(18)22)25(11-2-3-11)6-13(19(12)26)20(27)28/h4,6,10-11,15H,2-3,5,7-9H2,1H3,(H,27,28). The van der Waals surface area contributed by atoms with Gasteiger partial charge < -0.3 is 19.3 Å². The summed E-state index contributed by atoms with van der Waals surface area (Å²) in [6, 6.07) is 1.05. The summed E-state index contributed by atoms with van der Waals surface area (Å²) in [4.78, 5) is 27.8. The summed E-state index contributed by atoms with van der Waals surface area (Å²) in [5, 5.41) is 9.11. The van der Waals surface area contributed by atoms with Crippen LogP contribution in [-0.4, -0.2) is 60.1 Å². The van der Waals surface area contributed by atoms with Gasteiger partial charge in [-0.2, -0.15) is 0 Å². The molecule has 3 fully saturated rings. The van der Waals surface area contributed by atoms with Gasteiger partial charge in [-0.15, -0.1) is 0 Å². The first kappa shape index (κ1) is 18.5. The Morgan fingerprint density at radius 2 is 2.03 bits per heavy atom. The summed E-state index contributed by atoms with van der Waals surface area (Å²) in [6.07, 6.45) is 2.72. The molecule has 3 aliphatic rings. The molecule has 2 aromatic rings. The number of carboxylic acids is 1. The number of rotatable bonds is 3. The lowest BCUT2D eigenvalue weighted by atomic mass is 10.0. The molecule has 1 saturated carbocycles. The maximum Gasteiger partial charge on any atom is 0.341 e. The summed E-state index contributed by atoms with van der Waals surface area (Å²) in [5.74, 6) is -2.91. The van der Waals surface area contributed by atoms with E-state index < -0.39 is 28.6 Å². The molecule has 7 nitrogen and oxygen atoms in total. The fourth-order valence-corrected chi connectivity index (χ4v) is 4.66. The molecule has 5 rings (SSSR count). The predicted molar refractivity (Wildman–Crippen MR) is 101 cm³/mol. The minimum Gasteiger partial charge on any atom is -0.477 e. The molecule has 0 radical (unpaired) electrons. The van der Waals surface area contributed by atoms with Crippen molar-refractivity contribution in [1.82, 2.24) is 9.47 Å². The first-order valence-corrected chi connectivity index (χ1v) is 9.70. The number of aromatic nitrogens is 1. The number of hydrogen-bond donors (Lipinski definition) is 1. The number of nitrogens with zero attached hydrogens (tertiary/aromatic N) is 3. The molecule has 0 bridgehead atoms. The molecule has 2 aliphatic heterocycles. The van der Waals surface area contributed by atoms with Crippen LogP contribution < -0.4 is 10.3 Å². The van der Waals surface area contributed by atoms with Crippen molar-refractivity contribution in [2.24, 2.45) is 5.92 Å². The number of fused-ring (bicyclic) bond motifs is 2. The molecular weight excluding hydrogens is 384 g/mol. The molecule has 2 atom stereocenters. The molecule has 3 heterocycles. The molecule has 29 heavy (non-hydrogen) atoms. The fraction of sp³-hybridized carbons (Fsp3) is 0.500. The van der Waals surface area contributed by atoms with Crippen LogP contribution in [0.3, 0.4) is 0 Å². The Bertz CT molecular complexity index is 1080. The van der Waals surface area contributed by atoms with E-state index in [1.165, 1.54) is 10.8 Å². The van der Waals surface area contributed by atoms with Crippen LogP contribution in [-0.2, 0) is 4.74 Å². The molecule has 1 aromatic carbocycles. The lowest BCUT2D eigenvalue weighted by molar-refractivity contribution is -0.0532. The Balaban J connectivity index is 1.68. The number of benzene rings is 1. The summed E-state index contributed by atoms with van der Waals surface area (Å²) in [7, 11) is 1.92. The molecule has 2 saturated heterocycles. The van der Waals surface area contributed by atoms with Crippen LogP contribution in [0.25, 0.3) is 10.9 Å². The van der Waals surface area contributed by atoms with E-state index in [0.29, 0.717) is 26.4 Å². The molecule has 1 N–H and O–H groups in total. The lowest BCUT2D eigenvalue weighted by Gasteiger charge is -2.33. The quantitative estimate of drug-likeness (QED) is 0.843. The molecule has 1 aliphatic carbocycles. The predicted octanol–water partition coefficient (Wildman–Crippen LogP) is 2.04. The van der Waals surface area contributed by atoms with E-state index >= 15 is 8.78 Å². The monoisotopic (exact) mass is 405 g/mol. The van der Waals surface area contributed by atoms with Gasteiger partial charge in [0.25, 0.3) is 0 Å². The third-order valence-corrected chi connectivity index (χ3v) is 6.27. The van der Waals surface area contributed by atoms with Crippen LogP contribution in [0.5, 0.6) is 0 Å². The maximum atomic E-state index is 15.7. The number of halogens is 2. The molecule has 0 spiro atoms. The number of carboxylic acid groups (broad SMARTS) is 1. The Kier molecular flexibility index (Phi) is 4.15. The van der Waals surface area contributed by atoms with Crippen LogP contribution in [0.15, 0.2) is 17.1 Å². The van der Waals surface area contributed by atoms with Crippen molar-refractivity contribution < 1.29 is 23.4 Å². The van der Waals surface area contributed by atoms with Crippen LogP contribution >= 0.6 is 0 Å². The van der Waals surface area contributed by atoms with Crippen LogP contribution in [0.1, 0.15) is 29.2 Å². The van der Waals surface area contributed by atoms with Crippen molar-refractivity contribution in [3.63, 3.8) is 0 Å². The third-order valence-electron chi connectivity index (χ3n) is 6.27. The van der Waals surface area contributed by atoms with Gasteiger partial charge >= 0.3 is 5.97 Å². The highest BCUT2D eigenvalue weighted by Crippen LogP contribution is 2.40. The second-order valence-electron chi connectivity index (χ2n) is 8.22. The van der Waals surface area contributed by atoms with Gasteiger partial charge in [-0.1, -0.05) is 0 Å². The second-order valence-corrected chi connectivity index (χ2v) is 8.22. The van der Waals surface area contributed by atoms with E-state index in [1.54, 1.807) is 4.90 Å². The normalized spacial score (nSPS) is 24.9. The van der Waals surface area contributed by atoms with Gasteiger partial charge in [-0.25, -0.2) is 13.6 Å². The molecule has 0 amide bonds. The number of hydrogen-bond acceptors (Lipinski definition) is 5. The third kappa shape index (κ3) is 2.83. The number of likely N-dealkylation sites (N-methyl/N-ethyl adjacent to an activating group) is 1. The fourth-order valence-electron chi connectivity index (χ4n) is 4.66. The number of carbonyl (C=O) groups is 1. The van der Waals surface area contributed by atoms with E-state index in [2.05, 4.69) is 0 Å². The SMILES string of the molecule is CN1COCC2CN(c3c(F)cc4c(=O)c(C(=O)O)cn(C5CC5)c4c3F)CC21. The minimum atomic E-state index is -1.40. The molecule has 1 aromatic heterocycles.